The lowest BCUT2D eigenvalue weighted by Crippen LogP contribution is -2.50. The van der Waals surface area contributed by atoms with Crippen LogP contribution < -0.4 is 17.2 Å². The zero-order valence-electron chi connectivity index (χ0n) is 19.5. The van der Waals surface area contributed by atoms with Crippen LogP contribution in [0.2, 0.25) is 0 Å². The summed E-state index contributed by atoms with van der Waals surface area (Å²) in [6.07, 6.45) is -2.73. The normalized spacial score (nSPS) is 15.8. The number of alkyl halides is 3. The highest BCUT2D eigenvalue weighted by Gasteiger charge is 2.56. The Labute approximate surface area is 197 Å². The van der Waals surface area contributed by atoms with E-state index in [1.54, 1.807) is 31.2 Å². The van der Waals surface area contributed by atoms with Gasteiger partial charge in [-0.3, -0.25) is 0 Å². The second kappa shape index (κ2) is 10.3. The smallest absolute Gasteiger partial charge is 0.404 e. The van der Waals surface area contributed by atoms with Gasteiger partial charge in [-0.2, -0.15) is 13.2 Å². The number of halogens is 4. The molecule has 0 aliphatic carbocycles. The fraction of sp³-hybridized carbons (Fsp3) is 0.308. The van der Waals surface area contributed by atoms with Gasteiger partial charge in [-0.05, 0) is 65.3 Å². The van der Waals surface area contributed by atoms with Gasteiger partial charge >= 0.3 is 6.18 Å². The molecule has 7 N–H and O–H groups in total. The Balaban J connectivity index is 2.36. The van der Waals surface area contributed by atoms with Crippen molar-refractivity contribution in [2.75, 3.05) is 0 Å². The largest absolute Gasteiger partial charge is 0.417 e. The van der Waals surface area contributed by atoms with Crippen molar-refractivity contribution in [3.8, 4) is 0 Å². The predicted molar refractivity (Wildman–Crippen MR) is 128 cm³/mol. The first-order chi connectivity index (χ1) is 15.7. The van der Waals surface area contributed by atoms with E-state index >= 15 is 0 Å². The molecule has 0 aliphatic rings. The van der Waals surface area contributed by atoms with Crippen molar-refractivity contribution in [3.05, 3.63) is 101 Å². The van der Waals surface area contributed by atoms with Gasteiger partial charge in [0.25, 0.3) is 0 Å². The van der Waals surface area contributed by atoms with Crippen molar-refractivity contribution in [3.63, 3.8) is 0 Å². The molecule has 4 nitrogen and oxygen atoms in total. The summed E-state index contributed by atoms with van der Waals surface area (Å²) in [4.78, 5) is 0. The highest BCUT2D eigenvalue weighted by atomic mass is 19.4. The molecule has 0 saturated carbocycles. The number of rotatable bonds is 8. The molecule has 0 aromatic heterocycles. The van der Waals surface area contributed by atoms with Crippen LogP contribution >= 0.6 is 0 Å². The standard InChI is InChI=1S/C26H31F4N3O/c1-17-9-10-20(27)13-22(17)24(2,3)16-25(34,26(28,29)30)14-21(32)11-18(15-31)12-23(33)19-7-5-4-6-8-19/h4-13,15,34H,14,16,31-33H2,1-3H3/b18-15-,21-11-,23-12-. The highest BCUT2D eigenvalue weighted by molar-refractivity contribution is 5.66. The van der Waals surface area contributed by atoms with Crippen LogP contribution in [0.4, 0.5) is 17.6 Å². The lowest BCUT2D eigenvalue weighted by Gasteiger charge is -2.38. The minimum Gasteiger partial charge on any atom is -0.404 e. The lowest BCUT2D eigenvalue weighted by molar-refractivity contribution is -0.266. The molecule has 0 radical (unpaired) electrons. The molecule has 0 heterocycles. The van der Waals surface area contributed by atoms with E-state index in [1.807, 2.05) is 6.07 Å². The molecular formula is C26H31F4N3O. The third kappa shape index (κ3) is 6.63. The molecule has 0 bridgehead atoms. The molecule has 0 spiro atoms. The van der Waals surface area contributed by atoms with Gasteiger partial charge in [-0.15, -0.1) is 0 Å². The summed E-state index contributed by atoms with van der Waals surface area (Å²) in [5.41, 5.74) is 15.3. The average Bonchev–Trinajstić information content (AvgIpc) is 2.74. The van der Waals surface area contributed by atoms with E-state index in [9.17, 15) is 22.7 Å². The summed E-state index contributed by atoms with van der Waals surface area (Å²) in [6, 6.07) is 12.9. The summed E-state index contributed by atoms with van der Waals surface area (Å²) in [7, 11) is 0. The number of nitrogens with two attached hydrogens (primary N) is 3. The number of hydrogen-bond acceptors (Lipinski definition) is 4. The molecule has 0 saturated heterocycles. The highest BCUT2D eigenvalue weighted by Crippen LogP contribution is 2.44. The van der Waals surface area contributed by atoms with Crippen molar-refractivity contribution in [2.45, 2.75) is 50.8 Å². The zero-order chi connectivity index (χ0) is 25.7. The number of aryl methyl sites for hydroxylation is 1. The predicted octanol–water partition coefficient (Wildman–Crippen LogP) is 5.17. The lowest BCUT2D eigenvalue weighted by atomic mass is 9.72. The monoisotopic (exact) mass is 477 g/mol. The minimum absolute atomic E-state index is 0.236. The van der Waals surface area contributed by atoms with E-state index in [2.05, 4.69) is 0 Å². The van der Waals surface area contributed by atoms with Crippen LogP contribution in [0.5, 0.6) is 0 Å². The van der Waals surface area contributed by atoms with Crippen molar-refractivity contribution >= 4 is 5.70 Å². The van der Waals surface area contributed by atoms with E-state index in [1.165, 1.54) is 44.2 Å². The summed E-state index contributed by atoms with van der Waals surface area (Å²) in [6.45, 7) is 4.74. The molecule has 0 fully saturated rings. The molecular weight excluding hydrogens is 446 g/mol. The summed E-state index contributed by atoms with van der Waals surface area (Å²) < 4.78 is 56.0. The first-order valence-electron chi connectivity index (χ1n) is 10.6. The number of benzene rings is 2. The zero-order valence-corrected chi connectivity index (χ0v) is 19.5. The topological polar surface area (TPSA) is 98.3 Å². The molecule has 8 heteroatoms. The molecule has 184 valence electrons. The number of allylic oxidation sites excluding steroid dienone is 3. The van der Waals surface area contributed by atoms with Gasteiger partial charge in [0.2, 0.25) is 0 Å². The molecule has 0 aliphatic heterocycles. The van der Waals surface area contributed by atoms with Gasteiger partial charge in [-0.1, -0.05) is 50.2 Å². The van der Waals surface area contributed by atoms with E-state index in [0.717, 1.165) is 6.20 Å². The van der Waals surface area contributed by atoms with Crippen molar-refractivity contribution < 1.29 is 22.7 Å². The minimum atomic E-state index is -4.99. The third-order valence-electron chi connectivity index (χ3n) is 5.66. The number of hydrogen-bond donors (Lipinski definition) is 4. The van der Waals surface area contributed by atoms with Crippen LogP contribution in [-0.4, -0.2) is 16.9 Å². The Hall–Kier alpha value is -3.26. The fourth-order valence-electron chi connectivity index (χ4n) is 4.05. The van der Waals surface area contributed by atoms with Crippen molar-refractivity contribution in [2.24, 2.45) is 17.2 Å². The van der Waals surface area contributed by atoms with Crippen LogP contribution in [0, 0.1) is 12.7 Å². The Bertz CT molecular complexity index is 1090. The second-order valence-electron chi connectivity index (χ2n) is 9.08. The molecule has 1 unspecified atom stereocenters. The molecule has 0 amide bonds. The average molecular weight is 478 g/mol. The van der Waals surface area contributed by atoms with Crippen molar-refractivity contribution in [1.82, 2.24) is 0 Å². The maximum Gasteiger partial charge on any atom is 0.417 e. The van der Waals surface area contributed by atoms with Gasteiger partial charge in [0.1, 0.15) is 5.82 Å². The van der Waals surface area contributed by atoms with Crippen LogP contribution in [0.3, 0.4) is 0 Å². The van der Waals surface area contributed by atoms with Gasteiger partial charge < -0.3 is 22.3 Å². The van der Waals surface area contributed by atoms with Crippen LogP contribution in [0.1, 0.15) is 43.4 Å². The number of aliphatic hydroxyl groups is 1. The van der Waals surface area contributed by atoms with Crippen LogP contribution in [0.25, 0.3) is 5.70 Å². The van der Waals surface area contributed by atoms with E-state index in [4.69, 9.17) is 17.2 Å². The van der Waals surface area contributed by atoms with E-state index < -0.39 is 35.9 Å². The van der Waals surface area contributed by atoms with Gasteiger partial charge in [-0.25, -0.2) is 4.39 Å². The molecule has 2 rings (SSSR count). The maximum absolute atomic E-state index is 14.1. The Morgan fingerprint density at radius 2 is 1.62 bits per heavy atom. The van der Waals surface area contributed by atoms with E-state index in [0.29, 0.717) is 22.4 Å². The Kier molecular flexibility index (Phi) is 8.21. The Morgan fingerprint density at radius 1 is 1.00 bits per heavy atom. The van der Waals surface area contributed by atoms with Gasteiger partial charge in [0.15, 0.2) is 5.60 Å². The summed E-state index contributed by atoms with van der Waals surface area (Å²) >= 11 is 0. The van der Waals surface area contributed by atoms with Crippen LogP contribution in [-0.2, 0) is 5.41 Å². The second-order valence-corrected chi connectivity index (χ2v) is 9.08. The molecule has 34 heavy (non-hydrogen) atoms. The summed E-state index contributed by atoms with van der Waals surface area (Å²) in [5.74, 6) is -0.566. The SMILES string of the molecule is Cc1ccc(F)cc1C(C)(C)CC(O)(C/C(N)=C/C(=C/N)/C=C(\N)c1ccccc1)C(F)(F)F. The molecule has 2 aromatic carbocycles. The first kappa shape index (κ1) is 27.0. The van der Waals surface area contributed by atoms with Crippen molar-refractivity contribution in [1.29, 1.82) is 0 Å². The Morgan fingerprint density at radius 3 is 2.18 bits per heavy atom. The molecule has 1 atom stereocenters. The van der Waals surface area contributed by atoms with Crippen LogP contribution in [0.15, 0.2) is 78.2 Å². The summed E-state index contributed by atoms with van der Waals surface area (Å²) in [5, 5.41) is 10.8. The fourth-order valence-corrected chi connectivity index (χ4v) is 4.05. The molecule has 2 aromatic rings. The van der Waals surface area contributed by atoms with Gasteiger partial charge in [0.05, 0.1) is 0 Å². The van der Waals surface area contributed by atoms with E-state index in [-0.39, 0.29) is 11.3 Å². The van der Waals surface area contributed by atoms with Gasteiger partial charge in [0, 0.05) is 24.0 Å². The quantitative estimate of drug-likeness (QED) is 0.311. The first-order valence-corrected chi connectivity index (χ1v) is 10.6. The third-order valence-corrected chi connectivity index (χ3v) is 5.66. The maximum atomic E-state index is 14.1.